The zero-order chi connectivity index (χ0) is 24.5. The number of halogens is 3. The molecule has 4 heterocycles. The molecule has 0 saturated carbocycles. The Hall–Kier alpha value is -3.27. The van der Waals surface area contributed by atoms with Crippen LogP contribution < -0.4 is 4.74 Å². The highest BCUT2D eigenvalue weighted by molar-refractivity contribution is 5.74. The number of aromatic nitrogens is 2. The van der Waals surface area contributed by atoms with Crippen LogP contribution in [0.15, 0.2) is 53.3 Å². The molecule has 0 atom stereocenters. The number of ether oxygens (including phenoxy) is 1. The van der Waals surface area contributed by atoms with Crippen LogP contribution in [0.4, 0.5) is 13.2 Å². The van der Waals surface area contributed by atoms with E-state index in [2.05, 4.69) is 47.7 Å². The molecule has 34 heavy (non-hydrogen) atoms. The summed E-state index contributed by atoms with van der Waals surface area (Å²) in [5, 5.41) is 11.9. The number of alkyl halides is 3. The summed E-state index contributed by atoms with van der Waals surface area (Å²) in [7, 11) is 0. The van der Waals surface area contributed by atoms with Crippen LogP contribution in [0.3, 0.4) is 0 Å². The second-order valence-electron chi connectivity index (χ2n) is 8.70. The Morgan fingerprint density at radius 2 is 1.85 bits per heavy atom. The van der Waals surface area contributed by atoms with Crippen molar-refractivity contribution in [1.29, 1.82) is 0 Å². The van der Waals surface area contributed by atoms with Gasteiger partial charge >= 0.3 is 12.1 Å². The first kappa shape index (κ1) is 23.9. The van der Waals surface area contributed by atoms with Gasteiger partial charge in [0.25, 0.3) is 0 Å². The number of hydrogen-bond acceptors (Lipinski definition) is 5. The SMILES string of the molecule is CC(C)n1ncc2c1-c1ccccc1OC21CCN(Cc2ccco2)CC1.O=C(O)C(F)(F)F. The second-order valence-corrected chi connectivity index (χ2v) is 8.70. The first-order valence-corrected chi connectivity index (χ1v) is 11.0. The number of carboxylic acid groups (broad SMARTS) is 1. The van der Waals surface area contributed by atoms with E-state index in [0.717, 1.165) is 49.5 Å². The highest BCUT2D eigenvalue weighted by Gasteiger charge is 2.45. The number of likely N-dealkylation sites (tertiary alicyclic amines) is 1. The van der Waals surface area contributed by atoms with Gasteiger partial charge in [0.2, 0.25) is 0 Å². The average molecular weight is 477 g/mol. The van der Waals surface area contributed by atoms with Crippen molar-refractivity contribution < 1.29 is 32.2 Å². The highest BCUT2D eigenvalue weighted by atomic mass is 19.4. The van der Waals surface area contributed by atoms with Crippen molar-refractivity contribution in [3.8, 4) is 17.0 Å². The predicted octanol–water partition coefficient (Wildman–Crippen LogP) is 5.24. The van der Waals surface area contributed by atoms with Crippen molar-refractivity contribution in [3.63, 3.8) is 0 Å². The van der Waals surface area contributed by atoms with Gasteiger partial charge in [-0.05, 0) is 38.1 Å². The Kier molecular flexibility index (Phi) is 6.44. The summed E-state index contributed by atoms with van der Waals surface area (Å²) in [6, 6.07) is 12.7. The number of para-hydroxylation sites is 1. The zero-order valence-electron chi connectivity index (χ0n) is 18.9. The maximum absolute atomic E-state index is 10.6. The Morgan fingerprint density at radius 3 is 2.44 bits per heavy atom. The van der Waals surface area contributed by atoms with Crippen LogP contribution in [0.1, 0.15) is 44.1 Å². The van der Waals surface area contributed by atoms with Crippen molar-refractivity contribution in [3.05, 3.63) is 60.2 Å². The molecule has 1 spiro atoms. The third-order valence-electron chi connectivity index (χ3n) is 6.09. The minimum atomic E-state index is -5.08. The van der Waals surface area contributed by atoms with Gasteiger partial charge in [0.15, 0.2) is 0 Å². The molecular formula is C24H26F3N3O4. The lowest BCUT2D eigenvalue weighted by Gasteiger charge is -2.44. The highest BCUT2D eigenvalue weighted by Crippen LogP contribution is 2.50. The van der Waals surface area contributed by atoms with Crippen molar-refractivity contribution in [2.75, 3.05) is 13.1 Å². The molecule has 1 N–H and O–H groups in total. The fourth-order valence-electron chi connectivity index (χ4n) is 4.44. The van der Waals surface area contributed by atoms with Gasteiger partial charge in [-0.3, -0.25) is 9.58 Å². The maximum Gasteiger partial charge on any atom is 0.490 e. The van der Waals surface area contributed by atoms with Crippen LogP contribution in [0.5, 0.6) is 5.75 Å². The minimum Gasteiger partial charge on any atom is -0.482 e. The van der Waals surface area contributed by atoms with E-state index in [1.54, 1.807) is 6.26 Å². The fraction of sp³-hybridized carbons (Fsp3) is 0.417. The van der Waals surface area contributed by atoms with E-state index in [1.807, 2.05) is 18.3 Å². The molecule has 2 aliphatic rings. The Labute approximate surface area is 194 Å². The third-order valence-corrected chi connectivity index (χ3v) is 6.09. The number of benzene rings is 1. The summed E-state index contributed by atoms with van der Waals surface area (Å²) in [5.41, 5.74) is 3.34. The normalized spacial score (nSPS) is 16.9. The molecule has 182 valence electrons. The average Bonchev–Trinajstić information content (AvgIpc) is 3.46. The number of carbonyl (C=O) groups is 1. The molecule has 2 aromatic heterocycles. The lowest BCUT2D eigenvalue weighted by molar-refractivity contribution is -0.192. The quantitative estimate of drug-likeness (QED) is 0.556. The molecule has 0 bridgehead atoms. The first-order chi connectivity index (χ1) is 16.1. The number of furan rings is 1. The van der Waals surface area contributed by atoms with Gasteiger partial charge in [-0.15, -0.1) is 0 Å². The number of hydrogen-bond donors (Lipinski definition) is 1. The van der Waals surface area contributed by atoms with Gasteiger partial charge < -0.3 is 14.3 Å². The molecule has 1 aromatic carbocycles. The monoisotopic (exact) mass is 477 g/mol. The maximum atomic E-state index is 10.6. The summed E-state index contributed by atoms with van der Waals surface area (Å²) < 4.78 is 46.1. The molecule has 0 aliphatic carbocycles. The zero-order valence-corrected chi connectivity index (χ0v) is 18.9. The standard InChI is InChI=1S/C22H25N3O2.C2HF3O2/c1-16(2)25-21-18-7-3-4-8-20(18)27-22(19(21)14-23-25)9-11-24(12-10-22)15-17-6-5-13-26-17;3-2(4,5)1(6)7/h3-8,13-14,16H,9-12,15H2,1-2H3;(H,6,7). The number of nitrogens with zero attached hydrogens (tertiary/aromatic N) is 3. The molecule has 3 aromatic rings. The lowest BCUT2D eigenvalue weighted by Crippen LogP contribution is -2.47. The summed E-state index contributed by atoms with van der Waals surface area (Å²) >= 11 is 0. The second kappa shape index (κ2) is 9.17. The Bertz CT molecular complexity index is 1130. The van der Waals surface area contributed by atoms with Gasteiger partial charge in [-0.1, -0.05) is 12.1 Å². The van der Waals surface area contributed by atoms with Crippen molar-refractivity contribution in [1.82, 2.24) is 14.7 Å². The van der Waals surface area contributed by atoms with Gasteiger partial charge in [0, 0.05) is 43.1 Å². The smallest absolute Gasteiger partial charge is 0.482 e. The van der Waals surface area contributed by atoms with E-state index in [-0.39, 0.29) is 5.60 Å². The molecule has 7 nitrogen and oxygen atoms in total. The number of aliphatic carboxylic acids is 1. The number of piperidine rings is 1. The van der Waals surface area contributed by atoms with Crippen LogP contribution >= 0.6 is 0 Å². The minimum absolute atomic E-state index is 0.281. The fourth-order valence-corrected chi connectivity index (χ4v) is 4.44. The number of rotatable bonds is 3. The van der Waals surface area contributed by atoms with Crippen LogP contribution in [-0.2, 0) is 16.9 Å². The Balaban J connectivity index is 0.000000344. The first-order valence-electron chi connectivity index (χ1n) is 11.0. The van der Waals surface area contributed by atoms with E-state index in [4.69, 9.17) is 24.2 Å². The summed E-state index contributed by atoms with van der Waals surface area (Å²) in [4.78, 5) is 11.3. The molecule has 0 radical (unpaired) electrons. The van der Waals surface area contributed by atoms with Crippen LogP contribution in [0, 0.1) is 0 Å². The van der Waals surface area contributed by atoms with Gasteiger partial charge in [-0.2, -0.15) is 18.3 Å². The summed E-state index contributed by atoms with van der Waals surface area (Å²) in [6.07, 6.45) is 0.611. The van der Waals surface area contributed by atoms with Gasteiger partial charge in [-0.25, -0.2) is 4.79 Å². The lowest BCUT2D eigenvalue weighted by atomic mass is 9.81. The number of carboxylic acids is 1. The van der Waals surface area contributed by atoms with Gasteiger partial charge in [0.05, 0.1) is 24.7 Å². The van der Waals surface area contributed by atoms with E-state index < -0.39 is 12.1 Å². The summed E-state index contributed by atoms with van der Waals surface area (Å²) in [5.74, 6) is -0.756. The molecular weight excluding hydrogens is 451 g/mol. The topological polar surface area (TPSA) is 80.7 Å². The summed E-state index contributed by atoms with van der Waals surface area (Å²) in [6.45, 7) is 7.19. The molecule has 0 amide bonds. The Morgan fingerprint density at radius 1 is 1.18 bits per heavy atom. The van der Waals surface area contributed by atoms with E-state index in [1.165, 1.54) is 11.3 Å². The third kappa shape index (κ3) is 4.68. The van der Waals surface area contributed by atoms with Crippen molar-refractivity contribution >= 4 is 5.97 Å². The number of fused-ring (bicyclic) bond motifs is 4. The molecule has 5 rings (SSSR count). The van der Waals surface area contributed by atoms with Crippen LogP contribution in [-0.4, -0.2) is 45.0 Å². The molecule has 0 unspecified atom stereocenters. The molecule has 10 heteroatoms. The van der Waals surface area contributed by atoms with Crippen LogP contribution in [0.2, 0.25) is 0 Å². The van der Waals surface area contributed by atoms with Gasteiger partial charge in [0.1, 0.15) is 17.1 Å². The van der Waals surface area contributed by atoms with Crippen LogP contribution in [0.25, 0.3) is 11.3 Å². The molecule has 1 saturated heterocycles. The molecule has 2 aliphatic heterocycles. The van der Waals surface area contributed by atoms with E-state index in [9.17, 15) is 13.2 Å². The van der Waals surface area contributed by atoms with E-state index in [0.29, 0.717) is 6.04 Å². The predicted molar refractivity (Wildman–Crippen MR) is 117 cm³/mol. The molecule has 1 fully saturated rings. The largest absolute Gasteiger partial charge is 0.490 e. The van der Waals surface area contributed by atoms with Crippen molar-refractivity contribution in [2.45, 2.75) is 51.1 Å². The van der Waals surface area contributed by atoms with E-state index >= 15 is 0 Å². The van der Waals surface area contributed by atoms with Crippen molar-refractivity contribution in [2.24, 2.45) is 0 Å².